The molecule has 6 nitrogen and oxygen atoms in total. The number of carbonyl (C=O) groups is 1. The molecule has 0 aromatic heterocycles. The average Bonchev–Trinajstić information content (AvgIpc) is 1.38. The van der Waals surface area contributed by atoms with Gasteiger partial charge in [0.2, 0.25) is 0 Å². The molecule has 0 aromatic rings. The minimum absolute atomic E-state index is 0. The molecule has 0 saturated carbocycles. The summed E-state index contributed by atoms with van der Waals surface area (Å²) in [7, 11) is 0. The molecular formula is C2H13MnNa2O6. The van der Waals surface area contributed by atoms with Crippen LogP contribution in [0.5, 0.6) is 0 Å². The second kappa shape index (κ2) is 40.8. The molecule has 0 aliphatic rings. The van der Waals surface area contributed by atoms with E-state index < -0.39 is 0 Å². The first kappa shape index (κ1) is 52.8. The molecule has 0 aliphatic carbocycles. The quantitative estimate of drug-likeness (QED) is 0.387. The first-order chi connectivity index (χ1) is 2.27. The van der Waals surface area contributed by atoms with Gasteiger partial charge in [0.25, 0.3) is 0 Å². The van der Waals surface area contributed by atoms with Crippen LogP contribution in [0.15, 0.2) is 0 Å². The molecule has 0 unspecified atom stereocenters. The second-order valence-corrected chi connectivity index (χ2v) is 0.810. The van der Waals surface area contributed by atoms with Crippen LogP contribution < -0.4 is 0 Å². The Morgan fingerprint density at radius 1 is 1.09 bits per heavy atom. The van der Waals surface area contributed by atoms with E-state index in [2.05, 4.69) is 20.2 Å². The fraction of sp³-hybridized carbons (Fsp3) is 0.500. The molecule has 0 rings (SSSR count). The predicted molar refractivity (Wildman–Crippen MR) is 40.5 cm³/mol. The monoisotopic (exact) mass is 234 g/mol. The summed E-state index contributed by atoms with van der Waals surface area (Å²) in [4.78, 5) is 9.54. The number of hydrogen-bond acceptors (Lipinski definition) is 2. The summed E-state index contributed by atoms with van der Waals surface area (Å²) in [6.07, 6.45) is 0. The predicted octanol–water partition coefficient (Wildman–Crippen LogP) is -4.58. The molecule has 0 radical (unpaired) electrons. The Kier molecular flexibility index (Phi) is 196. The van der Waals surface area contributed by atoms with Crippen molar-refractivity contribution >= 4 is 65.1 Å². The fourth-order valence-electron chi connectivity index (χ4n) is 0. The minimum atomic E-state index is -0.329. The Hall–Kier alpha value is 1.83. The Balaban J connectivity index is -0.00000000533. The topological polar surface area (TPSA) is 152 Å². The van der Waals surface area contributed by atoms with E-state index >= 15 is 0 Å². The third kappa shape index (κ3) is 77.9. The molecule has 0 spiro atoms. The maximum atomic E-state index is 9.54. The molecule has 0 aliphatic heterocycles. The van der Waals surface area contributed by atoms with E-state index in [1.165, 1.54) is 6.92 Å². The maximum absolute atomic E-state index is 9.54. The summed E-state index contributed by atoms with van der Waals surface area (Å²) in [5.74, 6) is -0.329. The Labute approximate surface area is 117 Å². The first-order valence-electron chi connectivity index (χ1n) is 1.06. The molecule has 0 saturated heterocycles. The van der Waals surface area contributed by atoms with Crippen LogP contribution in [-0.2, 0) is 25.0 Å². The molecule has 0 bridgehead atoms. The summed E-state index contributed by atoms with van der Waals surface area (Å²) in [6.45, 7) is 1.31. The Morgan fingerprint density at radius 3 is 1.18 bits per heavy atom. The summed E-state index contributed by atoms with van der Waals surface area (Å²) in [6, 6.07) is 0. The third-order valence-electron chi connectivity index (χ3n) is 0.109. The number of rotatable bonds is 0. The van der Waals surface area contributed by atoms with Crippen LogP contribution in [0, 0.1) is 0 Å². The molecule has 66 valence electrons. The van der Waals surface area contributed by atoms with Crippen molar-refractivity contribution in [3.05, 3.63) is 0 Å². The van der Waals surface area contributed by atoms with E-state index in [0.29, 0.717) is 0 Å². The SMILES string of the molecule is CC(=O)[O][Mn].O.O.O.O.[NaH].[NaH]. The van der Waals surface area contributed by atoms with Crippen molar-refractivity contribution in [3.8, 4) is 0 Å². The van der Waals surface area contributed by atoms with E-state index in [1.54, 1.807) is 0 Å². The molecule has 0 aromatic carbocycles. The van der Waals surface area contributed by atoms with E-state index in [9.17, 15) is 4.79 Å². The van der Waals surface area contributed by atoms with Crippen molar-refractivity contribution in [2.75, 3.05) is 0 Å². The van der Waals surface area contributed by atoms with Crippen molar-refractivity contribution in [1.82, 2.24) is 0 Å². The molecule has 9 heteroatoms. The van der Waals surface area contributed by atoms with Crippen molar-refractivity contribution < 1.29 is 46.9 Å². The van der Waals surface area contributed by atoms with Crippen LogP contribution in [0.2, 0.25) is 0 Å². The Bertz CT molecular complexity index is 53.8. The van der Waals surface area contributed by atoms with Gasteiger partial charge in [-0.2, -0.15) is 0 Å². The van der Waals surface area contributed by atoms with E-state index in [4.69, 9.17) is 0 Å². The number of hydrogen-bond donors (Lipinski definition) is 0. The van der Waals surface area contributed by atoms with Gasteiger partial charge in [0.05, 0.1) is 0 Å². The van der Waals surface area contributed by atoms with Crippen LogP contribution in [0.3, 0.4) is 0 Å². The molecular weight excluding hydrogens is 221 g/mol. The van der Waals surface area contributed by atoms with Gasteiger partial charge in [-0.15, -0.1) is 0 Å². The van der Waals surface area contributed by atoms with E-state index in [-0.39, 0.29) is 87.0 Å². The van der Waals surface area contributed by atoms with Crippen LogP contribution in [0.4, 0.5) is 0 Å². The van der Waals surface area contributed by atoms with Crippen LogP contribution in [-0.4, -0.2) is 87.0 Å². The summed E-state index contributed by atoms with van der Waals surface area (Å²) in [5.41, 5.74) is 0. The third-order valence-corrected chi connectivity index (χ3v) is 0.448. The van der Waals surface area contributed by atoms with Crippen LogP contribution >= 0.6 is 0 Å². The van der Waals surface area contributed by atoms with Gasteiger partial charge in [-0.3, -0.25) is 0 Å². The zero-order valence-corrected chi connectivity index (χ0v) is 5.87. The summed E-state index contributed by atoms with van der Waals surface area (Å²) < 4.78 is 3.92. The average molecular weight is 234 g/mol. The van der Waals surface area contributed by atoms with Gasteiger partial charge < -0.3 is 21.9 Å². The second-order valence-electron chi connectivity index (χ2n) is 0.569. The van der Waals surface area contributed by atoms with Gasteiger partial charge >= 0.3 is 97.0 Å². The summed E-state index contributed by atoms with van der Waals surface area (Å²) >= 11 is 2.46. The molecule has 0 heterocycles. The Morgan fingerprint density at radius 2 is 1.18 bits per heavy atom. The normalized spacial score (nSPS) is 3.09. The first-order valence-corrected chi connectivity index (χ1v) is 1.54. The fourth-order valence-corrected chi connectivity index (χ4v) is 0. The van der Waals surface area contributed by atoms with Gasteiger partial charge in [0.15, 0.2) is 0 Å². The molecule has 0 amide bonds. The van der Waals surface area contributed by atoms with Gasteiger partial charge in [-0.25, -0.2) is 0 Å². The summed E-state index contributed by atoms with van der Waals surface area (Å²) in [5, 5.41) is 0. The van der Waals surface area contributed by atoms with Crippen LogP contribution in [0.1, 0.15) is 6.92 Å². The van der Waals surface area contributed by atoms with Gasteiger partial charge in [-0.1, -0.05) is 0 Å². The van der Waals surface area contributed by atoms with Crippen molar-refractivity contribution in [2.45, 2.75) is 6.92 Å². The zero-order valence-electron chi connectivity index (χ0n) is 4.69. The van der Waals surface area contributed by atoms with Crippen molar-refractivity contribution in [1.29, 1.82) is 0 Å². The standard InChI is InChI=1S/C2H4O2.Mn.2Na.4H2O.2H/c1-2(3)4;;;;;;;;;/h1H3,(H,3,4);;;;4*1H2;;/q;+1;;;;;;;;/p-1. The molecule has 0 atom stereocenters. The van der Waals surface area contributed by atoms with Crippen molar-refractivity contribution in [3.63, 3.8) is 0 Å². The van der Waals surface area contributed by atoms with Crippen LogP contribution in [0.25, 0.3) is 0 Å². The molecule has 0 fully saturated rings. The van der Waals surface area contributed by atoms with Gasteiger partial charge in [0.1, 0.15) is 0 Å². The van der Waals surface area contributed by atoms with E-state index in [1.807, 2.05) is 0 Å². The molecule has 11 heavy (non-hydrogen) atoms. The van der Waals surface area contributed by atoms with Gasteiger partial charge in [-0.05, 0) is 0 Å². The van der Waals surface area contributed by atoms with Crippen molar-refractivity contribution in [2.24, 2.45) is 0 Å². The zero-order chi connectivity index (χ0) is 4.28. The van der Waals surface area contributed by atoms with Gasteiger partial charge in [0, 0.05) is 0 Å². The van der Waals surface area contributed by atoms with E-state index in [0.717, 1.165) is 0 Å². The number of carbonyl (C=O) groups excluding carboxylic acids is 1. The molecule has 8 N–H and O–H groups in total.